The SMILES string of the molecule is Cc1cc(C)nc(N2C[C@@H](C(=O)O)[C@H](C(C)C)C2)n1. The molecule has 19 heavy (non-hydrogen) atoms. The third kappa shape index (κ3) is 2.85. The zero-order valence-corrected chi connectivity index (χ0v) is 11.9. The second-order valence-electron chi connectivity index (χ2n) is 5.71. The van der Waals surface area contributed by atoms with Crippen molar-refractivity contribution in [1.82, 2.24) is 9.97 Å². The van der Waals surface area contributed by atoms with Crippen molar-refractivity contribution in [3.8, 4) is 0 Å². The molecule has 1 aliphatic heterocycles. The summed E-state index contributed by atoms with van der Waals surface area (Å²) >= 11 is 0. The summed E-state index contributed by atoms with van der Waals surface area (Å²) < 4.78 is 0. The maximum Gasteiger partial charge on any atom is 0.308 e. The Hall–Kier alpha value is -1.65. The van der Waals surface area contributed by atoms with Gasteiger partial charge in [0.15, 0.2) is 0 Å². The van der Waals surface area contributed by atoms with Gasteiger partial charge in [0.1, 0.15) is 0 Å². The highest BCUT2D eigenvalue weighted by Gasteiger charge is 2.40. The van der Waals surface area contributed by atoms with Crippen molar-refractivity contribution in [3.63, 3.8) is 0 Å². The van der Waals surface area contributed by atoms with Crippen molar-refractivity contribution in [1.29, 1.82) is 0 Å². The van der Waals surface area contributed by atoms with Gasteiger partial charge in [-0.15, -0.1) is 0 Å². The van der Waals surface area contributed by atoms with Crippen LogP contribution in [0, 0.1) is 31.6 Å². The van der Waals surface area contributed by atoms with Gasteiger partial charge in [0.05, 0.1) is 5.92 Å². The fourth-order valence-electron chi connectivity index (χ4n) is 2.78. The molecule has 0 radical (unpaired) electrons. The van der Waals surface area contributed by atoms with Gasteiger partial charge in [0, 0.05) is 24.5 Å². The zero-order valence-electron chi connectivity index (χ0n) is 11.9. The molecule has 0 aromatic carbocycles. The summed E-state index contributed by atoms with van der Waals surface area (Å²) in [5.74, 6) is 0.112. The number of nitrogens with zero attached hydrogens (tertiary/aromatic N) is 3. The van der Waals surface area contributed by atoms with Crippen LogP contribution in [0.25, 0.3) is 0 Å². The van der Waals surface area contributed by atoms with Gasteiger partial charge in [0.2, 0.25) is 5.95 Å². The van der Waals surface area contributed by atoms with E-state index in [0.29, 0.717) is 18.4 Å². The van der Waals surface area contributed by atoms with E-state index in [-0.39, 0.29) is 11.8 Å². The second kappa shape index (κ2) is 5.15. The monoisotopic (exact) mass is 263 g/mol. The molecule has 0 aliphatic carbocycles. The number of aliphatic carboxylic acids is 1. The lowest BCUT2D eigenvalue weighted by Gasteiger charge is -2.19. The topological polar surface area (TPSA) is 66.3 Å². The Labute approximate surface area is 113 Å². The van der Waals surface area contributed by atoms with Crippen LogP contribution in [0.1, 0.15) is 25.2 Å². The van der Waals surface area contributed by atoms with Crippen LogP contribution < -0.4 is 4.90 Å². The van der Waals surface area contributed by atoms with Crippen LogP contribution in [0.4, 0.5) is 5.95 Å². The molecule has 0 saturated carbocycles. The van der Waals surface area contributed by atoms with Crippen LogP contribution in [-0.4, -0.2) is 34.1 Å². The van der Waals surface area contributed by atoms with Gasteiger partial charge in [-0.25, -0.2) is 9.97 Å². The van der Waals surface area contributed by atoms with Gasteiger partial charge < -0.3 is 10.0 Å². The van der Waals surface area contributed by atoms with Crippen molar-refractivity contribution in [3.05, 3.63) is 17.5 Å². The molecule has 1 N–H and O–H groups in total. The summed E-state index contributed by atoms with van der Waals surface area (Å²) in [6.07, 6.45) is 0. The molecule has 1 aromatic rings. The average molecular weight is 263 g/mol. The molecule has 1 fully saturated rings. The van der Waals surface area contributed by atoms with Gasteiger partial charge in [-0.2, -0.15) is 0 Å². The minimum Gasteiger partial charge on any atom is -0.481 e. The van der Waals surface area contributed by atoms with E-state index in [0.717, 1.165) is 17.9 Å². The first-order valence-electron chi connectivity index (χ1n) is 6.68. The number of anilines is 1. The van der Waals surface area contributed by atoms with Crippen molar-refractivity contribution in [2.75, 3.05) is 18.0 Å². The molecule has 0 spiro atoms. The van der Waals surface area contributed by atoms with Crippen molar-refractivity contribution in [2.24, 2.45) is 17.8 Å². The Balaban J connectivity index is 2.25. The lowest BCUT2D eigenvalue weighted by molar-refractivity contribution is -0.142. The van der Waals surface area contributed by atoms with E-state index in [4.69, 9.17) is 0 Å². The van der Waals surface area contributed by atoms with E-state index < -0.39 is 5.97 Å². The van der Waals surface area contributed by atoms with E-state index in [1.807, 2.05) is 24.8 Å². The second-order valence-corrected chi connectivity index (χ2v) is 5.71. The molecular formula is C14H21N3O2. The summed E-state index contributed by atoms with van der Waals surface area (Å²) in [5.41, 5.74) is 1.84. The number of aryl methyl sites for hydroxylation is 2. The lowest BCUT2D eigenvalue weighted by Crippen LogP contribution is -2.25. The fourth-order valence-corrected chi connectivity index (χ4v) is 2.78. The highest BCUT2D eigenvalue weighted by atomic mass is 16.4. The summed E-state index contributed by atoms with van der Waals surface area (Å²) in [6, 6.07) is 1.92. The van der Waals surface area contributed by atoms with Gasteiger partial charge in [-0.3, -0.25) is 4.79 Å². The Bertz CT molecular complexity index is 467. The molecule has 0 unspecified atom stereocenters. The predicted octanol–water partition coefficient (Wildman–Crippen LogP) is 1.89. The molecule has 2 heterocycles. The number of hydrogen-bond donors (Lipinski definition) is 1. The predicted molar refractivity (Wildman–Crippen MR) is 73.2 cm³/mol. The van der Waals surface area contributed by atoms with Crippen molar-refractivity contribution in [2.45, 2.75) is 27.7 Å². The molecule has 1 saturated heterocycles. The van der Waals surface area contributed by atoms with Crippen LogP contribution in [-0.2, 0) is 4.79 Å². The van der Waals surface area contributed by atoms with Crippen molar-refractivity contribution >= 4 is 11.9 Å². The average Bonchev–Trinajstić information content (AvgIpc) is 2.72. The summed E-state index contributed by atoms with van der Waals surface area (Å²) in [4.78, 5) is 22.2. The van der Waals surface area contributed by atoms with Gasteiger partial charge >= 0.3 is 5.97 Å². The molecule has 1 aliphatic rings. The quantitative estimate of drug-likeness (QED) is 0.902. The first-order chi connectivity index (χ1) is 8.88. The first-order valence-corrected chi connectivity index (χ1v) is 6.68. The van der Waals surface area contributed by atoms with Gasteiger partial charge in [-0.1, -0.05) is 13.8 Å². The lowest BCUT2D eigenvalue weighted by atomic mass is 9.86. The van der Waals surface area contributed by atoms with Crippen LogP contribution in [0.5, 0.6) is 0 Å². The third-order valence-electron chi connectivity index (χ3n) is 3.79. The maximum absolute atomic E-state index is 11.4. The fraction of sp³-hybridized carbons (Fsp3) is 0.643. The number of carboxylic acids is 1. The number of rotatable bonds is 3. The Kier molecular flexibility index (Phi) is 3.73. The highest BCUT2D eigenvalue weighted by molar-refractivity contribution is 5.72. The zero-order chi connectivity index (χ0) is 14.2. The highest BCUT2D eigenvalue weighted by Crippen LogP contribution is 2.31. The number of hydrogen-bond acceptors (Lipinski definition) is 4. The Morgan fingerprint density at radius 2 is 1.89 bits per heavy atom. The van der Waals surface area contributed by atoms with E-state index in [1.54, 1.807) is 0 Å². The van der Waals surface area contributed by atoms with Crippen LogP contribution in [0.3, 0.4) is 0 Å². The van der Waals surface area contributed by atoms with Gasteiger partial charge in [-0.05, 0) is 31.7 Å². The van der Waals surface area contributed by atoms with Crippen LogP contribution in [0.15, 0.2) is 6.07 Å². The minimum atomic E-state index is -0.717. The van der Waals surface area contributed by atoms with E-state index >= 15 is 0 Å². The van der Waals surface area contributed by atoms with E-state index in [9.17, 15) is 9.90 Å². The van der Waals surface area contributed by atoms with E-state index in [2.05, 4.69) is 23.8 Å². The maximum atomic E-state index is 11.4. The third-order valence-corrected chi connectivity index (χ3v) is 3.79. The van der Waals surface area contributed by atoms with Crippen LogP contribution >= 0.6 is 0 Å². The Morgan fingerprint density at radius 1 is 1.32 bits per heavy atom. The first kappa shape index (κ1) is 13.8. The molecule has 5 heteroatoms. The molecule has 104 valence electrons. The molecule has 0 bridgehead atoms. The van der Waals surface area contributed by atoms with Crippen molar-refractivity contribution < 1.29 is 9.90 Å². The standard InChI is InChI=1S/C14H21N3O2/c1-8(2)11-6-17(7-12(11)13(18)19)14-15-9(3)5-10(4)16-14/h5,8,11-12H,6-7H2,1-4H3,(H,18,19)/t11-,12+/m0/s1. The normalized spacial score (nSPS) is 23.1. The van der Waals surface area contributed by atoms with E-state index in [1.165, 1.54) is 0 Å². The van der Waals surface area contributed by atoms with Crippen LogP contribution in [0.2, 0.25) is 0 Å². The molecule has 1 aromatic heterocycles. The summed E-state index contributed by atoms with van der Waals surface area (Å²) in [7, 11) is 0. The molecule has 5 nitrogen and oxygen atoms in total. The molecule has 2 rings (SSSR count). The Morgan fingerprint density at radius 3 is 2.32 bits per heavy atom. The largest absolute Gasteiger partial charge is 0.481 e. The number of aromatic nitrogens is 2. The summed E-state index contributed by atoms with van der Waals surface area (Å²) in [5, 5.41) is 9.34. The number of carbonyl (C=O) groups is 1. The number of carboxylic acid groups (broad SMARTS) is 1. The molecular weight excluding hydrogens is 242 g/mol. The summed E-state index contributed by atoms with van der Waals surface area (Å²) in [6.45, 7) is 9.24. The molecule has 2 atom stereocenters. The smallest absolute Gasteiger partial charge is 0.308 e. The van der Waals surface area contributed by atoms with Gasteiger partial charge in [0.25, 0.3) is 0 Å². The molecule has 0 amide bonds. The minimum absolute atomic E-state index is 0.155.